The second kappa shape index (κ2) is 11.0. The molecule has 32 heavy (non-hydrogen) atoms. The Labute approximate surface area is 196 Å². The van der Waals surface area contributed by atoms with Gasteiger partial charge in [0, 0.05) is 24.9 Å². The molecule has 0 radical (unpaired) electrons. The summed E-state index contributed by atoms with van der Waals surface area (Å²) >= 11 is 1.74. The number of fused-ring (bicyclic) bond motifs is 1. The first kappa shape index (κ1) is 24.3. The average Bonchev–Trinajstić information content (AvgIpc) is 3.26. The summed E-state index contributed by atoms with van der Waals surface area (Å²) < 4.78 is 6.15. The molecule has 6 heteroatoms. The summed E-state index contributed by atoms with van der Waals surface area (Å²) in [5.41, 5.74) is 2.45. The molecule has 1 aromatic heterocycles. The first-order chi connectivity index (χ1) is 15.3. The number of rotatable bonds is 9. The van der Waals surface area contributed by atoms with Crippen LogP contribution in [0.2, 0.25) is 0 Å². The zero-order chi connectivity index (χ0) is 23.3. The third-order valence-corrected chi connectivity index (χ3v) is 7.37. The highest BCUT2D eigenvalue weighted by Crippen LogP contribution is 2.34. The van der Waals surface area contributed by atoms with E-state index in [1.165, 1.54) is 16.0 Å². The zero-order valence-electron chi connectivity index (χ0n) is 20.0. The Bertz CT molecular complexity index is 906. The van der Waals surface area contributed by atoms with Crippen molar-refractivity contribution in [3.63, 3.8) is 0 Å². The number of carbonyl (C=O) groups excluding carboxylic acids is 2. The molecule has 1 aliphatic rings. The molecular weight excluding hydrogens is 420 g/mol. The van der Waals surface area contributed by atoms with Crippen LogP contribution in [0.15, 0.2) is 35.7 Å². The summed E-state index contributed by atoms with van der Waals surface area (Å²) in [6.07, 6.45) is 1.83. The Morgan fingerprint density at radius 1 is 1.19 bits per heavy atom. The van der Waals surface area contributed by atoms with Crippen molar-refractivity contribution in [2.75, 3.05) is 26.2 Å². The lowest BCUT2D eigenvalue weighted by Crippen LogP contribution is -2.48. The van der Waals surface area contributed by atoms with Crippen LogP contribution >= 0.6 is 11.3 Å². The Morgan fingerprint density at radius 2 is 1.91 bits per heavy atom. The minimum Gasteiger partial charge on any atom is -0.491 e. The molecule has 0 saturated carbocycles. The number of hydrogen-bond acceptors (Lipinski definition) is 4. The van der Waals surface area contributed by atoms with Crippen molar-refractivity contribution in [2.24, 2.45) is 5.92 Å². The summed E-state index contributed by atoms with van der Waals surface area (Å²) in [6.45, 7) is 11.9. The molecule has 2 amide bonds. The van der Waals surface area contributed by atoms with E-state index in [4.69, 9.17) is 4.74 Å². The number of ether oxygens (including phenoxy) is 1. The Kier molecular flexibility index (Phi) is 8.35. The number of thiophene rings is 1. The molecule has 0 spiro atoms. The highest BCUT2D eigenvalue weighted by molar-refractivity contribution is 7.10. The quantitative estimate of drug-likeness (QED) is 0.516. The van der Waals surface area contributed by atoms with Crippen LogP contribution in [0.1, 0.15) is 69.0 Å². The molecule has 3 rings (SSSR count). The van der Waals surface area contributed by atoms with Crippen molar-refractivity contribution >= 4 is 23.2 Å². The molecule has 0 unspecified atom stereocenters. The second-order valence-electron chi connectivity index (χ2n) is 9.10. The van der Waals surface area contributed by atoms with E-state index in [1.807, 2.05) is 17.0 Å². The SMILES string of the molecule is CC[C@@H](C)CN(CC(=O)N1CCc2sccc2[C@H]1COc1ccc(C(C)C)cc1)C(C)=O. The van der Waals surface area contributed by atoms with Gasteiger partial charge in [0.1, 0.15) is 12.4 Å². The summed E-state index contributed by atoms with van der Waals surface area (Å²) in [5.74, 6) is 1.59. The molecule has 0 fully saturated rings. The van der Waals surface area contributed by atoms with Crippen LogP contribution in [-0.4, -0.2) is 47.9 Å². The molecule has 2 atom stereocenters. The fourth-order valence-electron chi connectivity index (χ4n) is 4.06. The maximum absolute atomic E-state index is 13.3. The summed E-state index contributed by atoms with van der Waals surface area (Å²) in [6, 6.07) is 10.2. The fourth-order valence-corrected chi connectivity index (χ4v) is 4.99. The van der Waals surface area contributed by atoms with E-state index in [-0.39, 0.29) is 24.4 Å². The lowest BCUT2D eigenvalue weighted by Gasteiger charge is -2.37. The molecule has 0 aliphatic carbocycles. The molecule has 0 saturated heterocycles. The summed E-state index contributed by atoms with van der Waals surface area (Å²) in [4.78, 5) is 30.4. The van der Waals surface area contributed by atoms with Crippen LogP contribution in [0.25, 0.3) is 0 Å². The van der Waals surface area contributed by atoms with Gasteiger partial charge in [-0.3, -0.25) is 9.59 Å². The maximum Gasteiger partial charge on any atom is 0.242 e. The lowest BCUT2D eigenvalue weighted by molar-refractivity contribution is -0.142. The van der Waals surface area contributed by atoms with Gasteiger partial charge < -0.3 is 14.5 Å². The van der Waals surface area contributed by atoms with Crippen molar-refractivity contribution < 1.29 is 14.3 Å². The van der Waals surface area contributed by atoms with Gasteiger partial charge in [0.25, 0.3) is 0 Å². The van der Waals surface area contributed by atoms with E-state index in [2.05, 4.69) is 51.3 Å². The van der Waals surface area contributed by atoms with E-state index in [0.717, 1.165) is 18.6 Å². The Balaban J connectivity index is 1.73. The molecule has 0 bridgehead atoms. The first-order valence-electron chi connectivity index (χ1n) is 11.6. The van der Waals surface area contributed by atoms with E-state index >= 15 is 0 Å². The van der Waals surface area contributed by atoms with Gasteiger partial charge in [-0.25, -0.2) is 0 Å². The van der Waals surface area contributed by atoms with Gasteiger partial charge in [-0.2, -0.15) is 0 Å². The normalized spacial score (nSPS) is 16.6. The second-order valence-corrected chi connectivity index (χ2v) is 10.1. The van der Waals surface area contributed by atoms with Crippen LogP contribution in [0.4, 0.5) is 0 Å². The van der Waals surface area contributed by atoms with Crippen molar-refractivity contribution in [2.45, 2.75) is 59.4 Å². The molecule has 2 heterocycles. The number of hydrogen-bond donors (Lipinski definition) is 0. The highest BCUT2D eigenvalue weighted by Gasteiger charge is 2.33. The van der Waals surface area contributed by atoms with Crippen LogP contribution in [-0.2, 0) is 16.0 Å². The van der Waals surface area contributed by atoms with Gasteiger partial charge >= 0.3 is 0 Å². The number of carbonyl (C=O) groups is 2. The molecule has 1 aliphatic heterocycles. The average molecular weight is 457 g/mol. The van der Waals surface area contributed by atoms with Crippen molar-refractivity contribution in [1.29, 1.82) is 0 Å². The smallest absolute Gasteiger partial charge is 0.242 e. The third-order valence-electron chi connectivity index (χ3n) is 6.37. The van der Waals surface area contributed by atoms with Gasteiger partial charge in [-0.1, -0.05) is 46.2 Å². The monoisotopic (exact) mass is 456 g/mol. The van der Waals surface area contributed by atoms with Crippen molar-refractivity contribution in [1.82, 2.24) is 9.80 Å². The van der Waals surface area contributed by atoms with Crippen LogP contribution < -0.4 is 4.74 Å². The number of benzene rings is 1. The van der Waals surface area contributed by atoms with Gasteiger partial charge in [0.15, 0.2) is 0 Å². The zero-order valence-corrected chi connectivity index (χ0v) is 20.8. The van der Waals surface area contributed by atoms with Gasteiger partial charge in [0.2, 0.25) is 11.8 Å². The van der Waals surface area contributed by atoms with Crippen LogP contribution in [0.3, 0.4) is 0 Å². The molecular formula is C26H36N2O3S. The lowest BCUT2D eigenvalue weighted by atomic mass is 10.00. The standard InChI is InChI=1S/C26H36N2O3S/c1-6-19(4)15-27(20(5)29)16-26(30)28-13-11-25-23(12-14-32-25)24(28)17-31-22-9-7-21(8-10-22)18(2)3/h7-10,12,14,18-19,24H,6,11,13,15-17H2,1-5H3/t19-,24-/m1/s1. The van der Waals surface area contributed by atoms with E-state index in [0.29, 0.717) is 31.5 Å². The van der Waals surface area contributed by atoms with Gasteiger partial charge in [0.05, 0.1) is 12.6 Å². The predicted molar refractivity (Wildman–Crippen MR) is 130 cm³/mol. The summed E-state index contributed by atoms with van der Waals surface area (Å²) in [5, 5.41) is 2.09. The Morgan fingerprint density at radius 3 is 2.53 bits per heavy atom. The van der Waals surface area contributed by atoms with Gasteiger partial charge in [-0.05, 0) is 53.0 Å². The van der Waals surface area contributed by atoms with Crippen molar-refractivity contribution in [3.05, 3.63) is 51.7 Å². The van der Waals surface area contributed by atoms with Gasteiger partial charge in [-0.15, -0.1) is 11.3 Å². The topological polar surface area (TPSA) is 49.9 Å². The van der Waals surface area contributed by atoms with Crippen LogP contribution in [0, 0.1) is 5.92 Å². The molecule has 0 N–H and O–H groups in total. The van der Waals surface area contributed by atoms with Crippen LogP contribution in [0.5, 0.6) is 5.75 Å². The third kappa shape index (κ3) is 5.91. The fraction of sp³-hybridized carbons (Fsp3) is 0.538. The minimum atomic E-state index is -0.139. The minimum absolute atomic E-state index is 0.0101. The Hall–Kier alpha value is -2.34. The first-order valence-corrected chi connectivity index (χ1v) is 12.5. The largest absolute Gasteiger partial charge is 0.491 e. The number of amides is 2. The molecule has 174 valence electrons. The van der Waals surface area contributed by atoms with E-state index < -0.39 is 0 Å². The van der Waals surface area contributed by atoms with E-state index in [1.54, 1.807) is 23.2 Å². The van der Waals surface area contributed by atoms with E-state index in [9.17, 15) is 9.59 Å². The predicted octanol–water partition coefficient (Wildman–Crippen LogP) is 5.27. The molecule has 1 aromatic carbocycles. The van der Waals surface area contributed by atoms with Crippen molar-refractivity contribution in [3.8, 4) is 5.75 Å². The number of nitrogens with zero attached hydrogens (tertiary/aromatic N) is 2. The molecule has 5 nitrogen and oxygen atoms in total. The highest BCUT2D eigenvalue weighted by atomic mass is 32.1. The maximum atomic E-state index is 13.3. The molecule has 2 aromatic rings. The summed E-state index contributed by atoms with van der Waals surface area (Å²) in [7, 11) is 0.